The van der Waals surface area contributed by atoms with Crippen LogP contribution in [-0.2, 0) is 24.7 Å². The monoisotopic (exact) mass is 910 g/mol. The molecule has 0 amide bonds. The van der Waals surface area contributed by atoms with E-state index >= 15 is 0 Å². The molecule has 0 unspecified atom stereocenters. The molecule has 0 aliphatic carbocycles. The highest BCUT2D eigenvalue weighted by atomic mass is 19.4. The van der Waals surface area contributed by atoms with Crippen molar-refractivity contribution in [2.75, 3.05) is 0 Å². The van der Waals surface area contributed by atoms with Gasteiger partial charge in [-0.1, -0.05) is 218 Å². The van der Waals surface area contributed by atoms with Crippen LogP contribution in [0, 0.1) is 0 Å². The third kappa shape index (κ3) is 9.01. The molecule has 0 aliphatic heterocycles. The molecule has 0 aromatic heterocycles. The van der Waals surface area contributed by atoms with E-state index in [2.05, 4.69) is 121 Å². The Hall–Kier alpha value is -6.95. The van der Waals surface area contributed by atoms with Gasteiger partial charge in [0.2, 0.25) is 0 Å². The minimum absolute atomic E-state index is 0.411. The Labute approximate surface area is 373 Å². The molecule has 0 radical (unpaired) electrons. The van der Waals surface area contributed by atoms with Crippen LogP contribution in [0.4, 0.5) is 52.7 Å². The molecule has 0 atom stereocenters. The molecule has 8 aromatic carbocycles. The van der Waals surface area contributed by atoms with E-state index in [0.717, 1.165) is 48.5 Å². The second-order valence-corrected chi connectivity index (χ2v) is 15.7. The van der Waals surface area contributed by atoms with Crippen molar-refractivity contribution >= 4 is 56.0 Å². The minimum atomic E-state index is -5.38. The highest BCUT2D eigenvalue weighted by molar-refractivity contribution is 7.21. The molecule has 0 aliphatic rings. The Bertz CT molecular complexity index is 2460. The average molecular weight is 910 g/mol. The number of hydrogen-bond donors (Lipinski definition) is 0. The van der Waals surface area contributed by atoms with Crippen LogP contribution < -0.4 is 43.7 Å². The van der Waals surface area contributed by atoms with Gasteiger partial charge in [0.25, 0.3) is 0 Å². The van der Waals surface area contributed by atoms with Crippen molar-refractivity contribution in [3.05, 3.63) is 241 Å². The van der Waals surface area contributed by atoms with E-state index in [1.165, 1.54) is 21.9 Å². The van der Waals surface area contributed by atoms with E-state index in [1.54, 1.807) is 0 Å². The number of halogens is 12. The summed E-state index contributed by atoms with van der Waals surface area (Å²) in [6.07, 6.45) is -27.2. The highest BCUT2D eigenvalue weighted by Crippen LogP contribution is 2.37. The topological polar surface area (TPSA) is 0 Å². The summed E-state index contributed by atoms with van der Waals surface area (Å²) in [5, 5.41) is 0. The first-order valence-electron chi connectivity index (χ1n) is 20.5. The van der Waals surface area contributed by atoms with Gasteiger partial charge < -0.3 is 0 Å². The summed E-state index contributed by atoms with van der Waals surface area (Å²) >= 11 is 0. The van der Waals surface area contributed by atoms with Gasteiger partial charge in [-0.3, -0.25) is 0 Å². The lowest BCUT2D eigenvalue weighted by Crippen LogP contribution is -2.78. The number of alkyl halides is 12. The van der Waals surface area contributed by atoms with Crippen molar-refractivity contribution in [3.8, 4) is 0 Å². The Kier molecular flexibility index (Phi) is 13.2. The second kappa shape index (κ2) is 18.5. The first-order valence-corrected chi connectivity index (χ1v) is 20.5. The smallest absolute Gasteiger partial charge is 0.195 e. The van der Waals surface area contributed by atoms with E-state index in [-0.39, 0.29) is 0 Å². The molecule has 0 nitrogen and oxygen atoms in total. The first kappa shape index (κ1) is 47.0. The SMILES string of the molecule is FC(F)(F)c1ccccc1[B-](c1ccccc1C(F)(F)F)(c1ccccc1C(F)(F)F)c1ccccc1C(F)(F)F.c1ccc([B-](c2ccccc2)(c2ccccc2)c2ccccc2)cc1. The zero-order valence-electron chi connectivity index (χ0n) is 34.5. The summed E-state index contributed by atoms with van der Waals surface area (Å²) < 4.78 is 174. The van der Waals surface area contributed by atoms with Gasteiger partial charge >= 0.3 is 24.7 Å². The maximum atomic E-state index is 14.5. The summed E-state index contributed by atoms with van der Waals surface area (Å²) in [6.45, 7) is 0. The van der Waals surface area contributed by atoms with Gasteiger partial charge in [0.15, 0.2) is 0 Å². The fourth-order valence-corrected chi connectivity index (χ4v) is 9.66. The van der Waals surface area contributed by atoms with Crippen LogP contribution in [0.3, 0.4) is 0 Å². The van der Waals surface area contributed by atoms with E-state index in [1.807, 2.05) is 0 Å². The van der Waals surface area contributed by atoms with Crippen molar-refractivity contribution in [1.82, 2.24) is 0 Å². The van der Waals surface area contributed by atoms with Crippen molar-refractivity contribution < 1.29 is 52.7 Å². The van der Waals surface area contributed by atoms with Crippen molar-refractivity contribution in [2.24, 2.45) is 0 Å². The van der Waals surface area contributed by atoms with Gasteiger partial charge in [-0.15, -0.1) is 0 Å². The lowest BCUT2D eigenvalue weighted by Gasteiger charge is -2.48. The normalized spacial score (nSPS) is 12.5. The molecule has 14 heteroatoms. The van der Waals surface area contributed by atoms with E-state index in [0.29, 0.717) is 48.5 Å². The summed E-state index contributed by atoms with van der Waals surface area (Å²) in [6, 6.07) is 54.7. The third-order valence-electron chi connectivity index (χ3n) is 12.1. The molecule has 8 aromatic rings. The molecular weight excluding hydrogens is 874 g/mol. The minimum Gasteiger partial charge on any atom is -0.195 e. The zero-order chi connectivity index (χ0) is 47.4. The molecule has 0 saturated heterocycles. The quantitative estimate of drug-likeness (QED) is 0.105. The molecule has 0 fully saturated rings. The van der Waals surface area contributed by atoms with Gasteiger partial charge in [0.1, 0.15) is 12.3 Å². The van der Waals surface area contributed by atoms with E-state index < -0.39 is 81.1 Å². The molecule has 8 rings (SSSR count). The van der Waals surface area contributed by atoms with Crippen molar-refractivity contribution in [1.29, 1.82) is 0 Å². The van der Waals surface area contributed by atoms with Gasteiger partial charge in [-0.25, -0.2) is 0 Å². The number of rotatable bonds is 8. The second-order valence-electron chi connectivity index (χ2n) is 15.7. The largest absolute Gasteiger partial charge is 0.413 e. The standard InChI is InChI=1S/C28H16BF12.C24H20B/c30-25(31,32)17-9-1-5-13-21(17)29(22-14-6-2-10-18(22)26(33,34)35,23-15-7-3-11-19(23)27(36,37)38)24-16-8-4-12-20(24)28(39,40)41;1-5-13-21(14-6-1)25(22-15-7-2-8-16-22,23-17-9-3-10-18-23)24-19-11-4-12-20-24/h1-16H;1-20H/q2*-1. The van der Waals surface area contributed by atoms with Crippen molar-refractivity contribution in [3.63, 3.8) is 0 Å². The summed E-state index contributed by atoms with van der Waals surface area (Å²) in [7, 11) is 0. The molecule has 0 spiro atoms. The predicted molar refractivity (Wildman–Crippen MR) is 240 cm³/mol. The lowest BCUT2D eigenvalue weighted by atomic mass is 9.11. The summed E-state index contributed by atoms with van der Waals surface area (Å²) in [5.74, 6) is 0. The van der Waals surface area contributed by atoms with Gasteiger partial charge in [0, 0.05) is 22.3 Å². The Morgan fingerprint density at radius 2 is 0.364 bits per heavy atom. The maximum Gasteiger partial charge on any atom is 0.413 e. The predicted octanol–water partition coefficient (Wildman–Crippen LogP) is 10.2. The lowest BCUT2D eigenvalue weighted by molar-refractivity contribution is -0.137. The maximum absolute atomic E-state index is 14.5. The number of hydrogen-bond acceptors (Lipinski definition) is 0. The fraction of sp³-hybridized carbons (Fsp3) is 0.0769. The molecular formula is C52H36B2F12-2. The molecule has 0 heterocycles. The third-order valence-corrected chi connectivity index (χ3v) is 12.1. The Morgan fingerprint density at radius 3 is 0.545 bits per heavy atom. The van der Waals surface area contributed by atoms with E-state index in [4.69, 9.17) is 0 Å². The zero-order valence-corrected chi connectivity index (χ0v) is 34.5. The van der Waals surface area contributed by atoms with Crippen LogP contribution in [0.2, 0.25) is 0 Å². The van der Waals surface area contributed by atoms with Crippen LogP contribution in [0.1, 0.15) is 22.3 Å². The van der Waals surface area contributed by atoms with E-state index in [9.17, 15) is 52.7 Å². The number of benzene rings is 8. The molecule has 336 valence electrons. The van der Waals surface area contributed by atoms with Crippen LogP contribution in [0.15, 0.2) is 218 Å². The fourth-order valence-electron chi connectivity index (χ4n) is 9.66. The molecule has 66 heavy (non-hydrogen) atoms. The van der Waals surface area contributed by atoms with Crippen LogP contribution in [0.5, 0.6) is 0 Å². The van der Waals surface area contributed by atoms with Gasteiger partial charge in [0.05, 0.1) is 0 Å². The highest BCUT2D eigenvalue weighted by Gasteiger charge is 2.49. The van der Waals surface area contributed by atoms with Crippen molar-refractivity contribution in [2.45, 2.75) is 24.7 Å². The van der Waals surface area contributed by atoms with Gasteiger partial charge in [-0.2, -0.15) is 96.4 Å². The molecule has 0 saturated carbocycles. The first-order chi connectivity index (χ1) is 31.3. The van der Waals surface area contributed by atoms with Gasteiger partial charge in [-0.05, 0) is 0 Å². The average Bonchev–Trinajstić information content (AvgIpc) is 3.31. The van der Waals surface area contributed by atoms with Crippen LogP contribution >= 0.6 is 0 Å². The Balaban J connectivity index is 0.000000220. The summed E-state index contributed by atoms with van der Waals surface area (Å²) in [5.41, 5.74) is -6.16. The summed E-state index contributed by atoms with van der Waals surface area (Å²) in [4.78, 5) is 0. The molecule has 0 bridgehead atoms. The molecule has 0 N–H and O–H groups in total. The van der Waals surface area contributed by atoms with Crippen LogP contribution in [-0.4, -0.2) is 12.3 Å². The van der Waals surface area contributed by atoms with Crippen LogP contribution in [0.25, 0.3) is 0 Å². The Morgan fingerprint density at radius 1 is 0.197 bits per heavy atom.